The highest BCUT2D eigenvalue weighted by Crippen LogP contribution is 2.49. The monoisotopic (exact) mass is 1270 g/mol. The molecule has 3 aromatic carbocycles. The maximum atomic E-state index is 5.70. The molecule has 17 rings (SSSR count). The molecule has 4 atom stereocenters. The molecule has 3 aliphatic heterocycles. The Morgan fingerprint density at radius 3 is 1.75 bits per heavy atom. The van der Waals surface area contributed by atoms with Crippen molar-refractivity contribution in [2.24, 2.45) is 11.8 Å². The van der Waals surface area contributed by atoms with E-state index < -0.39 is 0 Å². The second-order valence-corrected chi connectivity index (χ2v) is 30.1. The predicted molar refractivity (Wildman–Crippen MR) is 381 cm³/mol. The van der Waals surface area contributed by atoms with Gasteiger partial charge in [0.25, 0.3) is 0 Å². The number of nitrogens with one attached hydrogen (secondary N) is 3. The number of likely N-dealkylation sites (N-methyl/N-ethyl adjacent to an activating group) is 3. The van der Waals surface area contributed by atoms with Gasteiger partial charge >= 0.3 is 0 Å². The molecule has 0 amide bonds. The van der Waals surface area contributed by atoms with Crippen LogP contribution in [0.25, 0.3) is 44.2 Å². The Hall–Kier alpha value is -7.32. The number of piperazine rings is 3. The average molecular weight is 1280 g/mol. The van der Waals surface area contributed by atoms with Crippen molar-refractivity contribution < 1.29 is 0 Å². The lowest BCUT2D eigenvalue weighted by atomic mass is 9.77. The van der Waals surface area contributed by atoms with Crippen LogP contribution in [0.1, 0.15) is 159 Å². The first-order valence-electron chi connectivity index (χ1n) is 36.5. The summed E-state index contributed by atoms with van der Waals surface area (Å²) in [6.45, 7) is 21.2. The average Bonchev–Trinajstić information content (AvgIpc) is 1.65. The molecule has 5 fully saturated rings. The molecule has 8 aliphatic rings. The smallest absolute Gasteiger partial charge is 0.121 e. The van der Waals surface area contributed by atoms with Gasteiger partial charge in [-0.15, -0.1) is 0 Å². The summed E-state index contributed by atoms with van der Waals surface area (Å²) in [6, 6.07) is 28.6. The highest BCUT2D eigenvalue weighted by atomic mass is 15.3. The van der Waals surface area contributed by atoms with Crippen molar-refractivity contribution in [3.8, 4) is 11.1 Å². The third-order valence-electron chi connectivity index (χ3n) is 23.2. The lowest BCUT2D eigenvalue weighted by molar-refractivity contribution is 0.122. The third-order valence-corrected chi connectivity index (χ3v) is 23.2. The van der Waals surface area contributed by atoms with Crippen molar-refractivity contribution in [3.05, 3.63) is 148 Å². The number of fused-ring (bicyclic) bond motifs is 6. The van der Waals surface area contributed by atoms with Crippen molar-refractivity contribution in [2.75, 3.05) is 127 Å². The highest BCUT2D eigenvalue weighted by molar-refractivity contribution is 5.95. The van der Waals surface area contributed by atoms with Gasteiger partial charge in [-0.05, 0) is 206 Å². The van der Waals surface area contributed by atoms with Crippen molar-refractivity contribution >= 4 is 50.2 Å². The van der Waals surface area contributed by atoms with E-state index in [1.807, 2.05) is 6.20 Å². The van der Waals surface area contributed by atoms with Crippen LogP contribution >= 0.6 is 0 Å². The van der Waals surface area contributed by atoms with Gasteiger partial charge in [0.15, 0.2) is 0 Å². The number of aryl methyl sites for hydroxylation is 1. The van der Waals surface area contributed by atoms with Crippen LogP contribution in [-0.4, -0.2) is 193 Å². The van der Waals surface area contributed by atoms with E-state index in [1.165, 1.54) is 99.6 Å². The van der Waals surface area contributed by atoms with Gasteiger partial charge in [0.05, 0.1) is 88.5 Å². The first-order chi connectivity index (χ1) is 46.6. The summed E-state index contributed by atoms with van der Waals surface area (Å²) in [5.74, 6) is 4.74. The molecular weight excluding hydrogens is 1180 g/mol. The maximum Gasteiger partial charge on any atom is 0.121 e. The minimum atomic E-state index is 0.167. The first kappa shape index (κ1) is 61.3. The van der Waals surface area contributed by atoms with Gasteiger partial charge in [0.2, 0.25) is 0 Å². The fraction of sp³-hybridized carbons (Fsp3) is 0.532. The van der Waals surface area contributed by atoms with Gasteiger partial charge < -0.3 is 44.4 Å². The van der Waals surface area contributed by atoms with Crippen LogP contribution in [0.15, 0.2) is 91.4 Å². The quantitative estimate of drug-likeness (QED) is 0.0703. The van der Waals surface area contributed by atoms with Crippen LogP contribution in [0.3, 0.4) is 0 Å². The zero-order valence-electron chi connectivity index (χ0n) is 56.9. The summed E-state index contributed by atoms with van der Waals surface area (Å²) in [5.41, 5.74) is 22.3. The van der Waals surface area contributed by atoms with Gasteiger partial charge in [-0.25, -0.2) is 15.0 Å². The number of nitrogens with zero attached hydrogens (tertiary/aromatic N) is 15. The largest absolute Gasteiger partial charge is 0.367 e. The summed E-state index contributed by atoms with van der Waals surface area (Å²) in [6.07, 6.45) is 20.0. The molecule has 0 spiro atoms. The molecule has 5 aliphatic carbocycles. The molecule has 2 saturated carbocycles. The Balaban J connectivity index is 0.680. The van der Waals surface area contributed by atoms with Gasteiger partial charge in [0.1, 0.15) is 34.0 Å². The maximum absolute atomic E-state index is 5.70. The van der Waals surface area contributed by atoms with E-state index in [9.17, 15) is 0 Å². The summed E-state index contributed by atoms with van der Waals surface area (Å²) in [5, 5.41) is 0. The van der Waals surface area contributed by atoms with Crippen molar-refractivity contribution in [2.45, 2.75) is 141 Å². The summed E-state index contributed by atoms with van der Waals surface area (Å²) >= 11 is 0. The van der Waals surface area contributed by atoms with E-state index in [0.717, 1.165) is 213 Å². The molecular formula is C77H98N18. The van der Waals surface area contributed by atoms with Gasteiger partial charge in [-0.3, -0.25) is 29.7 Å². The van der Waals surface area contributed by atoms with Gasteiger partial charge in [-0.1, -0.05) is 24.3 Å². The zero-order chi connectivity index (χ0) is 63.8. The first-order valence-corrected chi connectivity index (χ1v) is 36.5. The number of anilines is 3. The van der Waals surface area contributed by atoms with Gasteiger partial charge in [0, 0.05) is 122 Å². The van der Waals surface area contributed by atoms with Crippen LogP contribution in [0.5, 0.6) is 0 Å². The van der Waals surface area contributed by atoms with E-state index >= 15 is 0 Å². The minimum absolute atomic E-state index is 0.167. The molecule has 6 aromatic heterocycles. The molecule has 0 bridgehead atoms. The Kier molecular flexibility index (Phi) is 16.7. The number of benzene rings is 3. The number of imidazole rings is 3. The van der Waals surface area contributed by atoms with E-state index in [4.69, 9.17) is 29.9 Å². The number of rotatable bonds is 19. The third kappa shape index (κ3) is 12.3. The standard InChI is InChI=1S/C77H98N18/c1-50(2)95(66-18-6-11-53-12-9-28-78-71(53)66)49-70-82-61-25-23-59(77(76(61)86-70)92-41-35-89(5)36-42-92)56-24-26-65(73-58(56)14-10-29-79-73)94(46-52-21-22-52)48-69-83-62-43-54(44-67(75(62)85-69)91-39-33-88(4)34-40-91)55-27-30-80-72-57(55)13-7-16-63(72)93(45-51-19-20-51)47-68-81-60-15-8-17-64(74(60)84-68)90-37-31-87(3)32-38-90/h8-10,12,14-15,17,23,25,27-30,43-44,50-52,56,63,65-66H,6-7,11,13,16,18-22,24,26,31-42,45-49H2,1-5H3,(H,81,84)(H,82,86)(H,83,85)/t56?,63-,65+,66-/m0/s1. The molecule has 1 unspecified atom stereocenters. The molecule has 0 radical (unpaired) electrons. The second kappa shape index (κ2) is 25.9. The molecule has 9 heterocycles. The Morgan fingerprint density at radius 1 is 0.474 bits per heavy atom. The fourth-order valence-corrected chi connectivity index (χ4v) is 17.5. The number of hydrogen-bond acceptors (Lipinski definition) is 15. The lowest BCUT2D eigenvalue weighted by Gasteiger charge is -2.40. The van der Waals surface area contributed by atoms with Crippen LogP contribution in [0.2, 0.25) is 0 Å². The van der Waals surface area contributed by atoms with Crippen molar-refractivity contribution in [1.82, 2.24) is 74.3 Å². The summed E-state index contributed by atoms with van der Waals surface area (Å²) < 4.78 is 0. The number of H-pyrrole nitrogens is 3. The zero-order valence-corrected chi connectivity index (χ0v) is 56.9. The lowest BCUT2D eigenvalue weighted by Crippen LogP contribution is -2.45. The Bertz CT molecular complexity index is 4210. The van der Waals surface area contributed by atoms with Crippen LogP contribution in [0, 0.1) is 11.8 Å². The number of aromatic amines is 3. The van der Waals surface area contributed by atoms with Crippen molar-refractivity contribution in [3.63, 3.8) is 0 Å². The fourth-order valence-electron chi connectivity index (χ4n) is 17.5. The molecule has 3 N–H and O–H groups in total. The number of hydrogen-bond donors (Lipinski definition) is 3. The van der Waals surface area contributed by atoms with Crippen LogP contribution in [-0.2, 0) is 32.5 Å². The van der Waals surface area contributed by atoms with Crippen LogP contribution in [0.4, 0.5) is 17.1 Å². The SMILES string of the molecule is CC(C)N(Cc1nc2c(N3CCN(C)CC3)c(C3CC[C@@H](N(Cc4nc5c(N6CCN(C)CC6)cc(-c6ccnc7c6CCC[C@@H]7N(Cc6nc7c(N8CCN(C)CC8)cccc7[nH]6)CC6CC6)cc5[nH]4)CC4CC4)c4ncccc43)ccc2[nH]1)[C@H]1CCCc2cccnc21. The summed E-state index contributed by atoms with van der Waals surface area (Å²) in [7, 11) is 6.75. The van der Waals surface area contributed by atoms with E-state index in [0.29, 0.717) is 12.0 Å². The number of pyridine rings is 3. The number of para-hydroxylation sites is 1. The van der Waals surface area contributed by atoms with E-state index in [-0.39, 0.29) is 24.0 Å². The predicted octanol–water partition coefficient (Wildman–Crippen LogP) is 11.9. The van der Waals surface area contributed by atoms with Crippen LogP contribution < -0.4 is 14.7 Å². The highest BCUT2D eigenvalue weighted by Gasteiger charge is 2.40. The Morgan fingerprint density at radius 2 is 1.05 bits per heavy atom. The summed E-state index contributed by atoms with van der Waals surface area (Å²) in [4.78, 5) is 67.6. The number of aromatic nitrogens is 9. The molecule has 496 valence electrons. The molecule has 95 heavy (non-hydrogen) atoms. The second-order valence-electron chi connectivity index (χ2n) is 30.1. The molecule has 18 nitrogen and oxygen atoms in total. The van der Waals surface area contributed by atoms with E-state index in [1.54, 1.807) is 0 Å². The van der Waals surface area contributed by atoms with Gasteiger partial charge in [-0.2, -0.15) is 0 Å². The normalized spacial score (nSPS) is 22.5. The molecule has 18 heteroatoms. The van der Waals surface area contributed by atoms with Crippen molar-refractivity contribution in [1.29, 1.82) is 0 Å². The van der Waals surface area contributed by atoms with E-state index in [2.05, 4.69) is 179 Å². The Labute approximate surface area is 560 Å². The topological polar surface area (TPSA) is 154 Å². The molecule has 9 aromatic rings. The minimum Gasteiger partial charge on any atom is -0.367 e. The molecule has 3 saturated heterocycles.